The first-order valence-corrected chi connectivity index (χ1v) is 7.53. The molecule has 0 atom stereocenters. The maximum Gasteiger partial charge on any atom is 0.264 e. The highest BCUT2D eigenvalue weighted by Crippen LogP contribution is 2.31. The molecule has 0 heterocycles. The van der Waals surface area contributed by atoms with E-state index in [4.69, 9.17) is 4.55 Å². The largest absolute Gasteiger partial charge is 0.504 e. The van der Waals surface area contributed by atoms with Gasteiger partial charge in [0.15, 0.2) is 11.5 Å². The third kappa shape index (κ3) is 5.06. The molecule has 0 bridgehead atoms. The lowest BCUT2D eigenvalue weighted by Gasteiger charge is -2.29. The molecule has 0 aliphatic carbocycles. The first kappa shape index (κ1) is 15.7. The van der Waals surface area contributed by atoms with Gasteiger partial charge >= 0.3 is 0 Å². The molecule has 7 heteroatoms. The lowest BCUT2D eigenvalue weighted by molar-refractivity contribution is 0.377. The molecule has 0 fully saturated rings. The van der Waals surface area contributed by atoms with Gasteiger partial charge < -0.3 is 10.2 Å². The lowest BCUT2D eigenvalue weighted by Crippen LogP contribution is -2.41. The van der Waals surface area contributed by atoms with Crippen molar-refractivity contribution >= 4 is 15.8 Å². The second-order valence-corrected chi connectivity index (χ2v) is 6.65. The van der Waals surface area contributed by atoms with E-state index in [1.54, 1.807) is 6.07 Å². The van der Waals surface area contributed by atoms with Crippen molar-refractivity contribution in [2.24, 2.45) is 0 Å². The summed E-state index contributed by atoms with van der Waals surface area (Å²) in [5, 5.41) is 18.7. The number of quaternary nitrogens is 1. The van der Waals surface area contributed by atoms with E-state index in [1.165, 1.54) is 12.1 Å². The number of aromatic hydroxyl groups is 2. The van der Waals surface area contributed by atoms with Crippen LogP contribution in [0.3, 0.4) is 0 Å². The van der Waals surface area contributed by atoms with Crippen molar-refractivity contribution in [3.8, 4) is 11.5 Å². The van der Waals surface area contributed by atoms with E-state index in [0.29, 0.717) is 23.9 Å². The Hall–Kier alpha value is -1.31. The number of hydrogen-bond donors (Lipinski definition) is 3. The van der Waals surface area contributed by atoms with Gasteiger partial charge in [0.2, 0.25) is 0 Å². The Balaban J connectivity index is 2.62. The van der Waals surface area contributed by atoms with E-state index in [0.717, 1.165) is 5.69 Å². The van der Waals surface area contributed by atoms with Crippen molar-refractivity contribution in [1.82, 2.24) is 4.48 Å². The topological polar surface area (TPSA) is 94.8 Å². The molecular formula is C12H20NO5S+. The quantitative estimate of drug-likeness (QED) is 0.318. The Bertz CT molecular complexity index is 539. The summed E-state index contributed by atoms with van der Waals surface area (Å²) in [7, 11) is -0.0670. The minimum atomic E-state index is -3.90. The Labute approximate surface area is 113 Å². The summed E-state index contributed by atoms with van der Waals surface area (Å²) < 4.78 is 30.3. The molecule has 1 rings (SSSR count). The second-order valence-electron chi connectivity index (χ2n) is 5.07. The average molecular weight is 290 g/mol. The van der Waals surface area contributed by atoms with E-state index < -0.39 is 10.1 Å². The third-order valence-corrected chi connectivity index (χ3v) is 3.83. The van der Waals surface area contributed by atoms with Crippen LogP contribution in [0.2, 0.25) is 0 Å². The molecule has 0 saturated carbocycles. The zero-order chi connectivity index (χ0) is 14.7. The van der Waals surface area contributed by atoms with Gasteiger partial charge in [-0.25, -0.2) is 0 Å². The molecule has 0 radical (unpaired) electrons. The standard InChI is InChI=1S/C12H19NO5S/c1-13(2,7-3-4-8-19(16,17)18)10-5-6-11(14)12(15)9-10/h5-6,9H,3-4,7-8H2,1-2H3,(H2-,14,15,16,17,18)/p+1. The van der Waals surface area contributed by atoms with Crippen LogP contribution in [-0.4, -0.2) is 49.6 Å². The van der Waals surface area contributed by atoms with Crippen LogP contribution in [-0.2, 0) is 10.1 Å². The summed E-state index contributed by atoms with van der Waals surface area (Å²) in [6, 6.07) is 4.61. The molecule has 108 valence electrons. The number of rotatable bonds is 6. The van der Waals surface area contributed by atoms with Gasteiger partial charge in [-0.15, -0.1) is 0 Å². The van der Waals surface area contributed by atoms with Crippen molar-refractivity contribution in [3.05, 3.63) is 18.2 Å². The number of unbranched alkanes of at least 4 members (excludes halogenated alkanes) is 1. The molecule has 1 aromatic rings. The molecule has 0 aliphatic rings. The van der Waals surface area contributed by atoms with Crippen LogP contribution in [0.4, 0.5) is 5.69 Å². The van der Waals surface area contributed by atoms with E-state index in [-0.39, 0.29) is 17.3 Å². The van der Waals surface area contributed by atoms with Crippen LogP contribution >= 0.6 is 0 Å². The van der Waals surface area contributed by atoms with Gasteiger partial charge in [0.25, 0.3) is 10.1 Å². The fourth-order valence-corrected chi connectivity index (χ4v) is 2.38. The van der Waals surface area contributed by atoms with E-state index in [1.807, 2.05) is 14.1 Å². The zero-order valence-corrected chi connectivity index (χ0v) is 11.9. The Morgan fingerprint density at radius 1 is 1.11 bits per heavy atom. The predicted octanol–water partition coefficient (Wildman–Crippen LogP) is 1.33. The molecule has 0 saturated heterocycles. The fourth-order valence-electron chi connectivity index (χ4n) is 1.81. The van der Waals surface area contributed by atoms with Crippen molar-refractivity contribution in [1.29, 1.82) is 0 Å². The molecule has 0 amide bonds. The smallest absolute Gasteiger partial charge is 0.264 e. The van der Waals surface area contributed by atoms with E-state index in [9.17, 15) is 18.6 Å². The van der Waals surface area contributed by atoms with Crippen LogP contribution in [0.25, 0.3) is 0 Å². The highest BCUT2D eigenvalue weighted by molar-refractivity contribution is 7.85. The minimum Gasteiger partial charge on any atom is -0.504 e. The average Bonchev–Trinajstić information content (AvgIpc) is 2.27. The Morgan fingerprint density at radius 2 is 1.74 bits per heavy atom. The maximum atomic E-state index is 10.6. The molecule has 19 heavy (non-hydrogen) atoms. The van der Waals surface area contributed by atoms with Crippen molar-refractivity contribution in [2.45, 2.75) is 12.8 Å². The van der Waals surface area contributed by atoms with Gasteiger partial charge in [0, 0.05) is 12.1 Å². The van der Waals surface area contributed by atoms with Gasteiger partial charge in [0.05, 0.1) is 26.4 Å². The van der Waals surface area contributed by atoms with Gasteiger partial charge in [-0.05, 0) is 18.9 Å². The van der Waals surface area contributed by atoms with Gasteiger partial charge in [-0.2, -0.15) is 8.42 Å². The summed E-state index contributed by atoms with van der Waals surface area (Å²) >= 11 is 0. The summed E-state index contributed by atoms with van der Waals surface area (Å²) in [4.78, 5) is 0. The Morgan fingerprint density at radius 3 is 2.26 bits per heavy atom. The van der Waals surface area contributed by atoms with E-state index >= 15 is 0 Å². The normalized spacial score (nSPS) is 12.6. The molecule has 0 unspecified atom stereocenters. The predicted molar refractivity (Wildman–Crippen MR) is 73.9 cm³/mol. The van der Waals surface area contributed by atoms with Crippen LogP contribution in [0.15, 0.2) is 18.2 Å². The molecular weight excluding hydrogens is 270 g/mol. The van der Waals surface area contributed by atoms with Gasteiger partial charge in [-0.3, -0.25) is 9.04 Å². The van der Waals surface area contributed by atoms with Crippen molar-refractivity contribution in [3.63, 3.8) is 0 Å². The SMILES string of the molecule is C[N+](C)(CCCCS(=O)(=O)O)c1ccc(O)c(O)c1. The molecule has 0 spiro atoms. The summed E-state index contributed by atoms with van der Waals surface area (Å²) in [6.45, 7) is 0.653. The maximum absolute atomic E-state index is 10.6. The Kier molecular flexibility index (Phi) is 4.78. The first-order valence-electron chi connectivity index (χ1n) is 5.92. The summed E-state index contributed by atoms with van der Waals surface area (Å²) in [5.74, 6) is -0.592. The molecule has 0 aliphatic heterocycles. The van der Waals surface area contributed by atoms with Crippen molar-refractivity contribution < 1.29 is 23.2 Å². The third-order valence-electron chi connectivity index (χ3n) is 3.03. The molecule has 6 nitrogen and oxygen atoms in total. The molecule has 3 N–H and O–H groups in total. The lowest BCUT2D eigenvalue weighted by atomic mass is 10.2. The molecule has 1 aromatic carbocycles. The number of benzene rings is 1. The van der Waals surface area contributed by atoms with Crippen LogP contribution in [0.5, 0.6) is 11.5 Å². The van der Waals surface area contributed by atoms with Gasteiger partial charge in [-0.1, -0.05) is 0 Å². The minimum absolute atomic E-state index is 0.171. The monoisotopic (exact) mass is 290 g/mol. The summed E-state index contributed by atoms with van der Waals surface area (Å²) in [6.07, 6.45) is 0.999. The van der Waals surface area contributed by atoms with Crippen LogP contribution in [0.1, 0.15) is 12.8 Å². The number of nitrogens with zero attached hydrogens (tertiary/aromatic N) is 1. The van der Waals surface area contributed by atoms with Crippen LogP contribution < -0.4 is 4.48 Å². The zero-order valence-electron chi connectivity index (χ0n) is 11.1. The first-order chi connectivity index (χ1) is 8.62. The number of phenolic OH excluding ortho intramolecular Hbond substituents is 2. The highest BCUT2D eigenvalue weighted by Gasteiger charge is 2.20. The summed E-state index contributed by atoms with van der Waals surface area (Å²) in [5.41, 5.74) is 0.808. The highest BCUT2D eigenvalue weighted by atomic mass is 32.2. The van der Waals surface area contributed by atoms with Crippen molar-refractivity contribution in [2.75, 3.05) is 26.4 Å². The number of phenols is 2. The van der Waals surface area contributed by atoms with Gasteiger partial charge in [0.1, 0.15) is 5.69 Å². The van der Waals surface area contributed by atoms with E-state index in [2.05, 4.69) is 0 Å². The molecule has 0 aromatic heterocycles. The fraction of sp³-hybridized carbons (Fsp3) is 0.500. The van der Waals surface area contributed by atoms with Crippen LogP contribution in [0, 0.1) is 0 Å². The number of hydrogen-bond acceptors (Lipinski definition) is 4. The second kappa shape index (κ2) is 5.77.